The van der Waals surface area contributed by atoms with E-state index in [4.69, 9.17) is 4.74 Å². The fourth-order valence-corrected chi connectivity index (χ4v) is 2.36. The van der Waals surface area contributed by atoms with Crippen molar-refractivity contribution in [2.75, 3.05) is 13.2 Å². The van der Waals surface area contributed by atoms with Crippen LogP contribution in [-0.4, -0.2) is 29.0 Å². The molecule has 5 heteroatoms. The van der Waals surface area contributed by atoms with E-state index in [0.717, 1.165) is 28.6 Å². The van der Waals surface area contributed by atoms with Crippen LogP contribution in [0.1, 0.15) is 12.0 Å². The number of nitrogens with zero attached hydrogens (tertiary/aromatic N) is 2. The van der Waals surface area contributed by atoms with E-state index in [2.05, 4.69) is 15.3 Å². The molecule has 2 aromatic heterocycles. The summed E-state index contributed by atoms with van der Waals surface area (Å²) in [5.41, 5.74) is 1.80. The summed E-state index contributed by atoms with van der Waals surface area (Å²) in [6, 6.07) is 13.5. The van der Waals surface area contributed by atoms with Crippen molar-refractivity contribution in [2.24, 2.45) is 0 Å². The van der Waals surface area contributed by atoms with Crippen LogP contribution >= 0.6 is 0 Å². The van der Waals surface area contributed by atoms with Gasteiger partial charge in [0, 0.05) is 36.6 Å². The van der Waals surface area contributed by atoms with E-state index in [9.17, 15) is 4.79 Å². The second-order valence-corrected chi connectivity index (χ2v) is 5.44. The minimum absolute atomic E-state index is 0.122. The lowest BCUT2D eigenvalue weighted by Gasteiger charge is -2.08. The third kappa shape index (κ3) is 4.88. The minimum atomic E-state index is -0.122. The Balaban J connectivity index is 1.41. The zero-order valence-corrected chi connectivity index (χ0v) is 13.8. The van der Waals surface area contributed by atoms with E-state index < -0.39 is 0 Å². The molecule has 0 radical (unpaired) electrons. The largest absolute Gasteiger partial charge is 0.491 e. The molecular formula is C20H19N3O2. The van der Waals surface area contributed by atoms with Gasteiger partial charge in [0.2, 0.25) is 5.91 Å². The van der Waals surface area contributed by atoms with E-state index in [0.29, 0.717) is 13.2 Å². The van der Waals surface area contributed by atoms with Crippen LogP contribution in [0.5, 0.6) is 5.75 Å². The zero-order chi connectivity index (χ0) is 17.3. The predicted molar refractivity (Wildman–Crippen MR) is 98.1 cm³/mol. The van der Waals surface area contributed by atoms with Gasteiger partial charge >= 0.3 is 0 Å². The Morgan fingerprint density at radius 2 is 1.92 bits per heavy atom. The fraction of sp³-hybridized carbons (Fsp3) is 0.150. The lowest BCUT2D eigenvalue weighted by molar-refractivity contribution is -0.116. The summed E-state index contributed by atoms with van der Waals surface area (Å²) in [7, 11) is 0. The molecule has 3 aromatic rings. The van der Waals surface area contributed by atoms with Gasteiger partial charge in [-0.1, -0.05) is 18.2 Å². The number of para-hydroxylation sites is 1. The number of amides is 1. The van der Waals surface area contributed by atoms with Crippen molar-refractivity contribution in [3.05, 3.63) is 72.7 Å². The zero-order valence-electron chi connectivity index (χ0n) is 13.8. The third-order valence-electron chi connectivity index (χ3n) is 3.61. The number of hydrogen-bond donors (Lipinski definition) is 1. The number of nitrogens with one attached hydrogen (secondary N) is 1. The van der Waals surface area contributed by atoms with E-state index in [1.54, 1.807) is 24.7 Å². The molecule has 0 aliphatic heterocycles. The SMILES string of the molecule is O=C(/C=C\c1ccncc1)NCCCOc1cccc2cccnc12. The molecule has 0 unspecified atom stereocenters. The van der Waals surface area contributed by atoms with Crippen LogP contribution in [0.2, 0.25) is 0 Å². The molecule has 1 aromatic carbocycles. The Morgan fingerprint density at radius 1 is 1.08 bits per heavy atom. The number of carbonyl (C=O) groups is 1. The summed E-state index contributed by atoms with van der Waals surface area (Å²) in [5, 5.41) is 3.89. The highest BCUT2D eigenvalue weighted by Crippen LogP contribution is 2.22. The first-order chi connectivity index (χ1) is 12.3. The average molecular weight is 333 g/mol. The highest BCUT2D eigenvalue weighted by molar-refractivity contribution is 5.91. The summed E-state index contributed by atoms with van der Waals surface area (Å²) >= 11 is 0. The van der Waals surface area contributed by atoms with E-state index in [1.807, 2.05) is 42.5 Å². The van der Waals surface area contributed by atoms with Gasteiger partial charge < -0.3 is 10.1 Å². The molecule has 0 atom stereocenters. The smallest absolute Gasteiger partial charge is 0.244 e. The summed E-state index contributed by atoms with van der Waals surface area (Å²) < 4.78 is 5.79. The topological polar surface area (TPSA) is 64.1 Å². The van der Waals surface area contributed by atoms with Crippen LogP contribution in [0.3, 0.4) is 0 Å². The Hall–Kier alpha value is -3.21. The van der Waals surface area contributed by atoms with Gasteiger partial charge in [-0.15, -0.1) is 0 Å². The van der Waals surface area contributed by atoms with Gasteiger partial charge in [-0.25, -0.2) is 0 Å². The Kier molecular flexibility index (Phi) is 5.72. The van der Waals surface area contributed by atoms with Crippen molar-refractivity contribution < 1.29 is 9.53 Å². The number of rotatable bonds is 7. The van der Waals surface area contributed by atoms with E-state index in [-0.39, 0.29) is 5.91 Å². The molecule has 5 nitrogen and oxygen atoms in total. The number of fused-ring (bicyclic) bond motifs is 1. The highest BCUT2D eigenvalue weighted by atomic mass is 16.5. The molecule has 0 saturated carbocycles. The Morgan fingerprint density at radius 3 is 2.80 bits per heavy atom. The molecule has 1 amide bonds. The summed E-state index contributed by atoms with van der Waals surface area (Å²) in [5.74, 6) is 0.644. The van der Waals surface area contributed by atoms with Gasteiger partial charge in [-0.2, -0.15) is 0 Å². The summed E-state index contributed by atoms with van der Waals surface area (Å²) in [6.07, 6.45) is 9.14. The average Bonchev–Trinajstić information content (AvgIpc) is 2.67. The number of aromatic nitrogens is 2. The molecule has 2 heterocycles. The molecule has 0 spiro atoms. The maximum absolute atomic E-state index is 11.8. The maximum atomic E-state index is 11.8. The number of carbonyl (C=O) groups excluding carboxylic acids is 1. The minimum Gasteiger partial charge on any atom is -0.491 e. The third-order valence-corrected chi connectivity index (χ3v) is 3.61. The first-order valence-electron chi connectivity index (χ1n) is 8.15. The molecule has 0 aliphatic carbocycles. The summed E-state index contributed by atoms with van der Waals surface area (Å²) in [6.45, 7) is 1.07. The Bertz CT molecular complexity index is 858. The van der Waals surface area contributed by atoms with Crippen molar-refractivity contribution >= 4 is 22.9 Å². The molecule has 0 fully saturated rings. The normalized spacial score (nSPS) is 10.9. The molecule has 1 N–H and O–H groups in total. The van der Waals surface area contributed by atoms with Gasteiger partial charge in [0.1, 0.15) is 11.3 Å². The second-order valence-electron chi connectivity index (χ2n) is 5.44. The standard InChI is InChI=1S/C20H19N3O2/c24-19(8-7-16-9-13-21-14-10-16)22-12-3-15-25-18-6-1-4-17-5-2-11-23-20(17)18/h1-2,4-11,13-14H,3,12,15H2,(H,22,24)/b8-7-. The van der Waals surface area contributed by atoms with Gasteiger partial charge in [0.15, 0.2) is 0 Å². The van der Waals surface area contributed by atoms with E-state index >= 15 is 0 Å². The lowest BCUT2D eigenvalue weighted by atomic mass is 10.2. The van der Waals surface area contributed by atoms with Gasteiger partial charge in [0.25, 0.3) is 0 Å². The van der Waals surface area contributed by atoms with Crippen molar-refractivity contribution in [1.82, 2.24) is 15.3 Å². The second kappa shape index (κ2) is 8.59. The molecule has 0 saturated heterocycles. The van der Waals surface area contributed by atoms with E-state index in [1.165, 1.54) is 6.08 Å². The molecule has 0 bridgehead atoms. The number of benzene rings is 1. The summed E-state index contributed by atoms with van der Waals surface area (Å²) in [4.78, 5) is 20.0. The molecule has 25 heavy (non-hydrogen) atoms. The van der Waals surface area contributed by atoms with Crippen LogP contribution in [-0.2, 0) is 4.79 Å². The van der Waals surface area contributed by atoms with Gasteiger partial charge in [-0.05, 0) is 42.3 Å². The highest BCUT2D eigenvalue weighted by Gasteiger charge is 2.02. The van der Waals surface area contributed by atoms with Crippen molar-refractivity contribution in [3.63, 3.8) is 0 Å². The Labute approximate surface area is 146 Å². The predicted octanol–water partition coefficient (Wildman–Crippen LogP) is 3.23. The molecule has 0 aliphatic rings. The fourth-order valence-electron chi connectivity index (χ4n) is 2.36. The van der Waals surface area contributed by atoms with Crippen molar-refractivity contribution in [3.8, 4) is 5.75 Å². The number of pyridine rings is 2. The van der Waals surface area contributed by atoms with Crippen LogP contribution in [0, 0.1) is 0 Å². The monoisotopic (exact) mass is 333 g/mol. The van der Waals surface area contributed by atoms with Crippen LogP contribution in [0.25, 0.3) is 17.0 Å². The van der Waals surface area contributed by atoms with Gasteiger partial charge in [-0.3, -0.25) is 14.8 Å². The molecule has 126 valence electrons. The molecular weight excluding hydrogens is 314 g/mol. The van der Waals surface area contributed by atoms with Crippen LogP contribution < -0.4 is 10.1 Å². The van der Waals surface area contributed by atoms with Crippen LogP contribution in [0.15, 0.2) is 67.1 Å². The van der Waals surface area contributed by atoms with Gasteiger partial charge in [0.05, 0.1) is 6.61 Å². The molecule has 3 rings (SSSR count). The first kappa shape index (κ1) is 16.6. The van der Waals surface area contributed by atoms with Crippen molar-refractivity contribution in [1.29, 1.82) is 0 Å². The first-order valence-corrected chi connectivity index (χ1v) is 8.15. The number of hydrogen-bond acceptors (Lipinski definition) is 4. The lowest BCUT2D eigenvalue weighted by Crippen LogP contribution is -2.23. The van der Waals surface area contributed by atoms with Crippen LogP contribution in [0.4, 0.5) is 0 Å². The maximum Gasteiger partial charge on any atom is 0.244 e. The quantitative estimate of drug-likeness (QED) is 0.532. The van der Waals surface area contributed by atoms with Crippen molar-refractivity contribution in [2.45, 2.75) is 6.42 Å². The number of ether oxygens (including phenoxy) is 1.